The molecule has 1 saturated heterocycles. The Bertz CT molecular complexity index is 671. The zero-order chi connectivity index (χ0) is 17.6. The number of esters is 1. The molecule has 0 saturated carbocycles. The highest BCUT2D eigenvalue weighted by atomic mass is 16.5. The van der Waals surface area contributed by atoms with Gasteiger partial charge in [-0.1, -0.05) is 60.7 Å². The van der Waals surface area contributed by atoms with Crippen molar-refractivity contribution in [2.45, 2.75) is 44.7 Å². The van der Waals surface area contributed by atoms with Crippen molar-refractivity contribution in [1.82, 2.24) is 4.90 Å². The van der Waals surface area contributed by atoms with Crippen LogP contribution in [0.2, 0.25) is 0 Å². The molecule has 3 rings (SSSR count). The van der Waals surface area contributed by atoms with Crippen LogP contribution in [-0.2, 0) is 9.53 Å². The van der Waals surface area contributed by atoms with Crippen molar-refractivity contribution < 1.29 is 9.53 Å². The van der Waals surface area contributed by atoms with Gasteiger partial charge < -0.3 is 4.74 Å². The summed E-state index contributed by atoms with van der Waals surface area (Å²) < 4.78 is 5.44. The zero-order valence-electron chi connectivity index (χ0n) is 15.1. The fourth-order valence-electron chi connectivity index (χ4n) is 3.98. The number of hydrogen-bond acceptors (Lipinski definition) is 3. The molecule has 0 aliphatic carbocycles. The van der Waals surface area contributed by atoms with Gasteiger partial charge in [-0.3, -0.25) is 9.69 Å². The zero-order valence-corrected chi connectivity index (χ0v) is 15.1. The fourth-order valence-corrected chi connectivity index (χ4v) is 3.98. The molecule has 0 bridgehead atoms. The SMILES string of the molecule is CCOC(=O)[C@H](c1ccccc1)[C@@H]1CCCN1[C@@H](C)c1ccccc1. The summed E-state index contributed by atoms with van der Waals surface area (Å²) in [6.45, 7) is 5.55. The van der Waals surface area contributed by atoms with E-state index < -0.39 is 0 Å². The Hall–Kier alpha value is -2.13. The molecule has 1 aliphatic rings. The number of rotatable bonds is 6. The van der Waals surface area contributed by atoms with Crippen molar-refractivity contribution in [3.05, 3.63) is 71.8 Å². The lowest BCUT2D eigenvalue weighted by Crippen LogP contribution is -2.40. The topological polar surface area (TPSA) is 29.5 Å². The third-order valence-corrected chi connectivity index (χ3v) is 5.21. The van der Waals surface area contributed by atoms with Crippen LogP contribution in [0.1, 0.15) is 49.8 Å². The maximum Gasteiger partial charge on any atom is 0.315 e. The second-order valence-corrected chi connectivity index (χ2v) is 6.67. The Morgan fingerprint density at radius 1 is 1.08 bits per heavy atom. The molecule has 2 aromatic rings. The van der Waals surface area contributed by atoms with Gasteiger partial charge in [-0.25, -0.2) is 0 Å². The van der Waals surface area contributed by atoms with E-state index in [1.165, 1.54) is 5.56 Å². The highest BCUT2D eigenvalue weighted by Crippen LogP contribution is 2.37. The van der Waals surface area contributed by atoms with Crippen molar-refractivity contribution in [2.24, 2.45) is 0 Å². The van der Waals surface area contributed by atoms with Crippen molar-refractivity contribution in [1.29, 1.82) is 0 Å². The molecule has 0 unspecified atom stereocenters. The van der Waals surface area contributed by atoms with Crippen LogP contribution in [-0.4, -0.2) is 30.1 Å². The number of carbonyl (C=O) groups is 1. The number of likely N-dealkylation sites (tertiary alicyclic amines) is 1. The fraction of sp³-hybridized carbons (Fsp3) is 0.409. The first-order valence-electron chi connectivity index (χ1n) is 9.24. The van der Waals surface area contributed by atoms with E-state index in [0.717, 1.165) is 24.9 Å². The minimum absolute atomic E-state index is 0.106. The maximum atomic E-state index is 12.8. The van der Waals surface area contributed by atoms with E-state index >= 15 is 0 Å². The molecule has 0 amide bonds. The van der Waals surface area contributed by atoms with Crippen LogP contribution in [0, 0.1) is 0 Å². The summed E-state index contributed by atoms with van der Waals surface area (Å²) in [5.74, 6) is -0.333. The Morgan fingerprint density at radius 2 is 1.68 bits per heavy atom. The number of ether oxygens (including phenoxy) is 1. The molecule has 25 heavy (non-hydrogen) atoms. The summed E-state index contributed by atoms with van der Waals surface area (Å²) in [6, 6.07) is 21.1. The van der Waals surface area contributed by atoms with Gasteiger partial charge >= 0.3 is 5.97 Å². The van der Waals surface area contributed by atoms with Crippen LogP contribution in [0.4, 0.5) is 0 Å². The average molecular weight is 337 g/mol. The smallest absolute Gasteiger partial charge is 0.315 e. The predicted molar refractivity (Wildman–Crippen MR) is 100 cm³/mol. The first-order valence-corrected chi connectivity index (χ1v) is 9.24. The number of nitrogens with zero attached hydrogens (tertiary/aromatic N) is 1. The quantitative estimate of drug-likeness (QED) is 0.724. The van der Waals surface area contributed by atoms with Gasteiger partial charge in [0, 0.05) is 12.1 Å². The Labute approximate surface area is 150 Å². The molecular formula is C22H27NO2. The third kappa shape index (κ3) is 3.93. The first kappa shape index (κ1) is 17.7. The molecule has 3 heteroatoms. The van der Waals surface area contributed by atoms with Crippen LogP contribution < -0.4 is 0 Å². The summed E-state index contributed by atoms with van der Waals surface area (Å²) in [5.41, 5.74) is 2.35. The van der Waals surface area contributed by atoms with Crippen molar-refractivity contribution in [3.63, 3.8) is 0 Å². The van der Waals surface area contributed by atoms with E-state index in [1.54, 1.807) is 0 Å². The molecule has 132 valence electrons. The molecule has 2 aromatic carbocycles. The van der Waals surface area contributed by atoms with Crippen LogP contribution in [0.25, 0.3) is 0 Å². The van der Waals surface area contributed by atoms with Gasteiger partial charge in [-0.15, -0.1) is 0 Å². The summed E-state index contributed by atoms with van der Waals surface area (Å²) in [5, 5.41) is 0. The standard InChI is InChI=1S/C22H27NO2/c1-3-25-22(24)21(19-13-8-5-9-14-19)20-15-10-16-23(20)17(2)18-11-6-4-7-12-18/h4-9,11-14,17,20-21H,3,10,15-16H2,1-2H3/t17-,20-,21+/m0/s1. The van der Waals surface area contributed by atoms with Crippen LogP contribution in [0.15, 0.2) is 60.7 Å². The molecule has 3 atom stereocenters. The largest absolute Gasteiger partial charge is 0.465 e. The van der Waals surface area contributed by atoms with Crippen LogP contribution >= 0.6 is 0 Å². The molecule has 0 aromatic heterocycles. The summed E-state index contributed by atoms with van der Waals surface area (Å²) in [6.07, 6.45) is 2.14. The highest BCUT2D eigenvalue weighted by molar-refractivity contribution is 5.79. The molecule has 1 fully saturated rings. The van der Waals surface area contributed by atoms with E-state index in [9.17, 15) is 4.79 Å². The van der Waals surface area contributed by atoms with E-state index in [4.69, 9.17) is 4.74 Å². The van der Waals surface area contributed by atoms with Gasteiger partial charge in [0.15, 0.2) is 0 Å². The van der Waals surface area contributed by atoms with Gasteiger partial charge in [0.2, 0.25) is 0 Å². The van der Waals surface area contributed by atoms with Crippen molar-refractivity contribution >= 4 is 5.97 Å². The minimum Gasteiger partial charge on any atom is -0.465 e. The first-order chi connectivity index (χ1) is 12.2. The van der Waals surface area contributed by atoms with E-state index in [2.05, 4.69) is 36.1 Å². The van der Waals surface area contributed by atoms with Crippen molar-refractivity contribution in [3.8, 4) is 0 Å². The second-order valence-electron chi connectivity index (χ2n) is 6.67. The summed E-state index contributed by atoms with van der Waals surface area (Å²) >= 11 is 0. The van der Waals surface area contributed by atoms with E-state index in [1.807, 2.05) is 43.3 Å². The molecule has 0 N–H and O–H groups in total. The van der Waals surface area contributed by atoms with Crippen LogP contribution in [0.3, 0.4) is 0 Å². The molecule has 3 nitrogen and oxygen atoms in total. The molecule has 0 radical (unpaired) electrons. The number of hydrogen-bond donors (Lipinski definition) is 0. The van der Waals surface area contributed by atoms with Crippen LogP contribution in [0.5, 0.6) is 0 Å². The second kappa shape index (κ2) is 8.30. The Balaban J connectivity index is 1.90. The average Bonchev–Trinajstić information content (AvgIpc) is 3.12. The van der Waals surface area contributed by atoms with E-state index in [-0.39, 0.29) is 24.0 Å². The lowest BCUT2D eigenvalue weighted by Gasteiger charge is -2.35. The molecular weight excluding hydrogens is 310 g/mol. The minimum atomic E-state index is -0.227. The monoisotopic (exact) mass is 337 g/mol. The number of carbonyl (C=O) groups excluding carboxylic acids is 1. The Kier molecular flexibility index (Phi) is 5.87. The lowest BCUT2D eigenvalue weighted by molar-refractivity contribution is -0.146. The third-order valence-electron chi connectivity index (χ3n) is 5.21. The summed E-state index contributed by atoms with van der Waals surface area (Å²) in [7, 11) is 0. The predicted octanol–water partition coefficient (Wildman–Crippen LogP) is 4.56. The molecule has 0 spiro atoms. The van der Waals surface area contributed by atoms with Gasteiger partial charge in [0.05, 0.1) is 12.5 Å². The maximum absolute atomic E-state index is 12.8. The summed E-state index contributed by atoms with van der Waals surface area (Å²) in [4.78, 5) is 15.3. The van der Waals surface area contributed by atoms with Gasteiger partial charge in [0.1, 0.15) is 0 Å². The Morgan fingerprint density at radius 3 is 2.28 bits per heavy atom. The lowest BCUT2D eigenvalue weighted by atomic mass is 9.89. The highest BCUT2D eigenvalue weighted by Gasteiger charge is 2.39. The normalized spacial score (nSPS) is 20.2. The van der Waals surface area contributed by atoms with E-state index in [0.29, 0.717) is 6.61 Å². The van der Waals surface area contributed by atoms with Gasteiger partial charge in [-0.2, -0.15) is 0 Å². The van der Waals surface area contributed by atoms with Crippen molar-refractivity contribution in [2.75, 3.05) is 13.2 Å². The molecule has 1 heterocycles. The van der Waals surface area contributed by atoms with Gasteiger partial charge in [-0.05, 0) is 44.4 Å². The molecule has 1 aliphatic heterocycles. The number of benzene rings is 2. The van der Waals surface area contributed by atoms with Gasteiger partial charge in [0.25, 0.3) is 0 Å².